The lowest BCUT2D eigenvalue weighted by Gasteiger charge is -2.41. The third-order valence-corrected chi connectivity index (χ3v) is 2.83. The van der Waals surface area contributed by atoms with Crippen molar-refractivity contribution in [1.82, 2.24) is 9.78 Å². The van der Waals surface area contributed by atoms with E-state index in [1.807, 2.05) is 0 Å². The Labute approximate surface area is 91.8 Å². The smallest absolute Gasteiger partial charge is 0.350 e. The highest BCUT2D eigenvalue weighted by molar-refractivity contribution is 5.38. The molecular formula is C9H13N3O4. The van der Waals surface area contributed by atoms with Crippen LogP contribution in [0.15, 0.2) is 6.20 Å². The van der Waals surface area contributed by atoms with E-state index in [1.165, 1.54) is 10.9 Å². The van der Waals surface area contributed by atoms with Crippen LogP contribution in [0.1, 0.15) is 19.8 Å². The predicted octanol–water partition coefficient (Wildman–Crippen LogP) is 0.620. The number of hydrogen-bond donors (Lipinski definition) is 1. The van der Waals surface area contributed by atoms with Gasteiger partial charge in [-0.25, -0.2) is 0 Å². The highest BCUT2D eigenvalue weighted by Gasteiger charge is 2.44. The Kier molecular flexibility index (Phi) is 2.34. The van der Waals surface area contributed by atoms with E-state index in [4.69, 9.17) is 4.74 Å². The van der Waals surface area contributed by atoms with Crippen molar-refractivity contribution >= 4 is 5.69 Å². The van der Waals surface area contributed by atoms with Gasteiger partial charge in [0.25, 0.3) is 0 Å². The van der Waals surface area contributed by atoms with Gasteiger partial charge in [-0.15, -0.1) is 5.10 Å². The molecule has 16 heavy (non-hydrogen) atoms. The second-order valence-corrected chi connectivity index (χ2v) is 4.25. The second-order valence-electron chi connectivity index (χ2n) is 4.25. The maximum absolute atomic E-state index is 10.7. The average molecular weight is 227 g/mol. The number of nitro groups is 1. The summed E-state index contributed by atoms with van der Waals surface area (Å²) in [6, 6.07) is 0. The van der Waals surface area contributed by atoms with Crippen LogP contribution in [0.5, 0.6) is 5.88 Å². The van der Waals surface area contributed by atoms with Crippen LogP contribution in [0.4, 0.5) is 5.69 Å². The van der Waals surface area contributed by atoms with Crippen molar-refractivity contribution in [3.05, 3.63) is 16.3 Å². The molecule has 1 aromatic heterocycles. The molecule has 1 aliphatic rings. The molecular weight excluding hydrogens is 214 g/mol. The largest absolute Gasteiger partial charge is 0.465 e. The first-order valence-electron chi connectivity index (χ1n) is 4.97. The zero-order chi connectivity index (χ0) is 11.9. The van der Waals surface area contributed by atoms with Gasteiger partial charge >= 0.3 is 11.6 Å². The zero-order valence-corrected chi connectivity index (χ0v) is 9.08. The molecule has 1 heterocycles. The fourth-order valence-electron chi connectivity index (χ4n) is 1.67. The summed E-state index contributed by atoms with van der Waals surface area (Å²) in [5, 5.41) is 24.3. The molecule has 0 aliphatic heterocycles. The molecule has 1 aromatic rings. The molecule has 2 rings (SSSR count). The van der Waals surface area contributed by atoms with E-state index in [2.05, 4.69) is 5.10 Å². The number of aromatic nitrogens is 2. The van der Waals surface area contributed by atoms with Crippen LogP contribution in [-0.2, 0) is 7.05 Å². The van der Waals surface area contributed by atoms with Crippen molar-refractivity contribution in [2.75, 3.05) is 0 Å². The highest BCUT2D eigenvalue weighted by Crippen LogP contribution is 2.37. The van der Waals surface area contributed by atoms with Crippen molar-refractivity contribution < 1.29 is 14.8 Å². The number of aliphatic hydroxyl groups is 1. The van der Waals surface area contributed by atoms with E-state index in [-0.39, 0.29) is 11.6 Å². The van der Waals surface area contributed by atoms with Gasteiger partial charge in [0.1, 0.15) is 12.3 Å². The number of rotatable bonds is 3. The maximum Gasteiger partial charge on any atom is 0.350 e. The molecule has 1 saturated carbocycles. The molecule has 0 saturated heterocycles. The molecule has 7 nitrogen and oxygen atoms in total. The Morgan fingerprint density at radius 2 is 2.50 bits per heavy atom. The molecule has 7 heteroatoms. The van der Waals surface area contributed by atoms with Crippen molar-refractivity contribution in [1.29, 1.82) is 0 Å². The second kappa shape index (κ2) is 3.44. The van der Waals surface area contributed by atoms with E-state index >= 15 is 0 Å². The van der Waals surface area contributed by atoms with Crippen LogP contribution in [0.2, 0.25) is 0 Å². The molecule has 1 fully saturated rings. The van der Waals surface area contributed by atoms with Gasteiger partial charge in [0, 0.05) is 7.05 Å². The Hall–Kier alpha value is -1.63. The number of aryl methyl sites for hydroxylation is 1. The molecule has 0 bridgehead atoms. The Bertz CT molecular complexity index is 426. The van der Waals surface area contributed by atoms with Crippen LogP contribution in [-0.4, -0.2) is 31.5 Å². The normalized spacial score (nSPS) is 28.6. The van der Waals surface area contributed by atoms with E-state index in [9.17, 15) is 15.2 Å². The fraction of sp³-hybridized carbons (Fsp3) is 0.667. The monoisotopic (exact) mass is 227 g/mol. The molecule has 88 valence electrons. The van der Waals surface area contributed by atoms with Gasteiger partial charge < -0.3 is 9.84 Å². The van der Waals surface area contributed by atoms with E-state index in [1.54, 1.807) is 14.0 Å². The predicted molar refractivity (Wildman–Crippen MR) is 54.1 cm³/mol. The van der Waals surface area contributed by atoms with E-state index in [0.717, 1.165) is 0 Å². The molecule has 0 spiro atoms. The van der Waals surface area contributed by atoms with Crippen molar-refractivity contribution in [2.45, 2.75) is 31.5 Å². The molecule has 2 unspecified atom stereocenters. The minimum Gasteiger partial charge on any atom is -0.465 e. The van der Waals surface area contributed by atoms with Crippen LogP contribution < -0.4 is 4.74 Å². The highest BCUT2D eigenvalue weighted by atomic mass is 16.6. The average Bonchev–Trinajstić information content (AvgIpc) is 2.55. The van der Waals surface area contributed by atoms with Crippen LogP contribution in [0, 0.1) is 10.1 Å². The first kappa shape index (κ1) is 10.9. The molecule has 0 aromatic carbocycles. The number of ether oxygens (including phenoxy) is 1. The van der Waals surface area contributed by atoms with Gasteiger partial charge in [0.2, 0.25) is 0 Å². The summed E-state index contributed by atoms with van der Waals surface area (Å²) in [5.74, 6) is -0.0301. The minimum atomic E-state index is -0.911. The van der Waals surface area contributed by atoms with Gasteiger partial charge in [-0.1, -0.05) is 0 Å². The minimum absolute atomic E-state index is 0.0301. The summed E-state index contributed by atoms with van der Waals surface area (Å²) in [5.41, 5.74) is -1.09. The number of nitrogens with zero attached hydrogens (tertiary/aromatic N) is 3. The van der Waals surface area contributed by atoms with Crippen LogP contribution >= 0.6 is 0 Å². The maximum atomic E-state index is 10.7. The lowest BCUT2D eigenvalue weighted by molar-refractivity contribution is -0.386. The van der Waals surface area contributed by atoms with Gasteiger partial charge in [0.15, 0.2) is 0 Å². The summed E-state index contributed by atoms with van der Waals surface area (Å²) < 4.78 is 6.68. The SMILES string of the molecule is Cn1cc([N+](=O)[O-])c(OC2CCC2(C)O)n1. The first-order chi connectivity index (χ1) is 7.40. The Morgan fingerprint density at radius 3 is 2.94 bits per heavy atom. The summed E-state index contributed by atoms with van der Waals surface area (Å²) >= 11 is 0. The first-order valence-corrected chi connectivity index (χ1v) is 4.97. The van der Waals surface area contributed by atoms with E-state index in [0.29, 0.717) is 12.8 Å². The summed E-state index contributed by atoms with van der Waals surface area (Å²) in [7, 11) is 1.58. The Morgan fingerprint density at radius 1 is 1.81 bits per heavy atom. The topological polar surface area (TPSA) is 90.4 Å². The summed E-state index contributed by atoms with van der Waals surface area (Å²) in [4.78, 5) is 10.1. The molecule has 2 atom stereocenters. The van der Waals surface area contributed by atoms with Gasteiger partial charge in [-0.05, 0) is 19.8 Å². The number of hydrogen-bond acceptors (Lipinski definition) is 5. The lowest BCUT2D eigenvalue weighted by atomic mass is 9.79. The standard InChI is InChI=1S/C9H13N3O4/c1-9(13)4-3-7(9)16-8-6(12(14)15)5-11(2)10-8/h5,7,13H,3-4H2,1-2H3. The Balaban J connectivity index is 2.18. The fourth-order valence-corrected chi connectivity index (χ4v) is 1.67. The zero-order valence-electron chi connectivity index (χ0n) is 9.08. The quantitative estimate of drug-likeness (QED) is 0.603. The summed E-state index contributed by atoms with van der Waals surface area (Å²) in [6.45, 7) is 1.65. The van der Waals surface area contributed by atoms with Crippen LogP contribution in [0.25, 0.3) is 0 Å². The van der Waals surface area contributed by atoms with Crippen LogP contribution in [0.3, 0.4) is 0 Å². The molecule has 1 N–H and O–H groups in total. The molecule has 0 radical (unpaired) electrons. The third kappa shape index (κ3) is 1.73. The van der Waals surface area contributed by atoms with Crippen molar-refractivity contribution in [2.24, 2.45) is 7.05 Å². The van der Waals surface area contributed by atoms with Crippen molar-refractivity contribution in [3.8, 4) is 5.88 Å². The molecule has 0 amide bonds. The van der Waals surface area contributed by atoms with E-state index < -0.39 is 16.6 Å². The van der Waals surface area contributed by atoms with Crippen molar-refractivity contribution in [3.63, 3.8) is 0 Å². The van der Waals surface area contributed by atoms with Gasteiger partial charge in [-0.2, -0.15) is 0 Å². The van der Waals surface area contributed by atoms with Gasteiger partial charge in [0.05, 0.1) is 10.5 Å². The van der Waals surface area contributed by atoms with Gasteiger partial charge in [-0.3, -0.25) is 14.8 Å². The molecule has 1 aliphatic carbocycles. The summed E-state index contributed by atoms with van der Waals surface area (Å²) in [6.07, 6.45) is 2.18. The lowest BCUT2D eigenvalue weighted by Crippen LogP contribution is -2.52. The third-order valence-electron chi connectivity index (χ3n) is 2.83.